The van der Waals surface area contributed by atoms with Gasteiger partial charge in [-0.25, -0.2) is 0 Å². The molecule has 1 saturated heterocycles. The zero-order valence-corrected chi connectivity index (χ0v) is 17.2. The zero-order valence-electron chi connectivity index (χ0n) is 17.2. The fourth-order valence-electron chi connectivity index (χ4n) is 3.39. The molecular formula is C23H32N4O. The van der Waals surface area contributed by atoms with Crippen molar-refractivity contribution >= 4 is 11.6 Å². The molecule has 3 rings (SSSR count). The number of hydrogen-bond donors (Lipinski definition) is 2. The molecule has 1 amide bonds. The Balaban J connectivity index is 1.48. The van der Waals surface area contributed by atoms with E-state index in [-0.39, 0.29) is 5.91 Å². The van der Waals surface area contributed by atoms with Crippen LogP contribution in [0, 0.1) is 5.41 Å². The monoisotopic (exact) mass is 380 g/mol. The molecule has 5 heteroatoms. The van der Waals surface area contributed by atoms with E-state index >= 15 is 0 Å². The van der Waals surface area contributed by atoms with Gasteiger partial charge in [0.15, 0.2) is 0 Å². The molecule has 2 N–H and O–H groups in total. The average molecular weight is 381 g/mol. The molecule has 1 fully saturated rings. The summed E-state index contributed by atoms with van der Waals surface area (Å²) in [7, 11) is 0. The van der Waals surface area contributed by atoms with Crippen LogP contribution in [-0.2, 0) is 17.9 Å². The number of nitrogens with zero attached hydrogens (tertiary/aromatic N) is 2. The second-order valence-corrected chi connectivity index (χ2v) is 8.65. The minimum absolute atomic E-state index is 0.0102. The van der Waals surface area contributed by atoms with Crippen LogP contribution in [0.5, 0.6) is 0 Å². The smallest absolute Gasteiger partial charge is 0.229 e. The van der Waals surface area contributed by atoms with Crippen LogP contribution < -0.4 is 10.6 Å². The van der Waals surface area contributed by atoms with Crippen LogP contribution in [0.1, 0.15) is 44.7 Å². The van der Waals surface area contributed by atoms with Crippen molar-refractivity contribution in [2.75, 3.05) is 18.4 Å². The van der Waals surface area contributed by atoms with Crippen LogP contribution in [0.3, 0.4) is 0 Å². The lowest BCUT2D eigenvalue weighted by Gasteiger charge is -2.32. The first kappa shape index (κ1) is 20.5. The largest absolute Gasteiger partial charge is 0.324 e. The molecule has 1 aromatic carbocycles. The molecule has 1 aliphatic rings. The molecule has 0 atom stereocenters. The quantitative estimate of drug-likeness (QED) is 0.800. The summed E-state index contributed by atoms with van der Waals surface area (Å²) in [5.74, 6) is 0.0102. The number of hydrogen-bond acceptors (Lipinski definition) is 4. The molecule has 1 aliphatic heterocycles. The first-order valence-electron chi connectivity index (χ1n) is 10.2. The Kier molecular flexibility index (Phi) is 6.81. The summed E-state index contributed by atoms with van der Waals surface area (Å²) in [5.41, 5.74) is 2.84. The summed E-state index contributed by atoms with van der Waals surface area (Å²) in [4.78, 5) is 19.0. The number of pyridine rings is 1. The SMILES string of the molecule is CC(C)(C)C(=O)Nc1cnccc1CNC1CCN(Cc2ccccc2)CC1. The highest BCUT2D eigenvalue weighted by atomic mass is 16.2. The molecular weight excluding hydrogens is 348 g/mol. The van der Waals surface area contributed by atoms with E-state index < -0.39 is 5.41 Å². The van der Waals surface area contributed by atoms with Gasteiger partial charge in [0.05, 0.1) is 11.9 Å². The van der Waals surface area contributed by atoms with Crippen molar-refractivity contribution in [2.45, 2.75) is 52.7 Å². The maximum atomic E-state index is 12.3. The molecule has 2 aromatic rings. The molecule has 0 saturated carbocycles. The van der Waals surface area contributed by atoms with E-state index in [1.54, 1.807) is 12.4 Å². The van der Waals surface area contributed by atoms with Crippen molar-refractivity contribution in [1.82, 2.24) is 15.2 Å². The second kappa shape index (κ2) is 9.30. The van der Waals surface area contributed by atoms with Crippen molar-refractivity contribution < 1.29 is 4.79 Å². The molecule has 0 spiro atoms. The summed E-state index contributed by atoms with van der Waals surface area (Å²) < 4.78 is 0. The molecule has 1 aromatic heterocycles. The van der Waals surface area contributed by atoms with E-state index in [1.165, 1.54) is 5.56 Å². The number of rotatable bonds is 6. The predicted molar refractivity (Wildman–Crippen MR) is 114 cm³/mol. The zero-order chi connectivity index (χ0) is 20.0. The number of anilines is 1. The standard InChI is InChI=1S/C23H32N4O/c1-23(2,3)22(28)26-21-16-24-12-9-19(21)15-25-20-10-13-27(14-11-20)17-18-7-5-4-6-8-18/h4-9,12,16,20,25H,10-11,13-15,17H2,1-3H3,(H,26,28). The van der Waals surface area contributed by atoms with Crippen molar-refractivity contribution in [3.8, 4) is 0 Å². The van der Waals surface area contributed by atoms with Gasteiger partial charge in [-0.1, -0.05) is 51.1 Å². The highest BCUT2D eigenvalue weighted by Gasteiger charge is 2.23. The number of carbonyl (C=O) groups excluding carboxylic acids is 1. The molecule has 0 aliphatic carbocycles. The Bertz CT molecular complexity index is 762. The highest BCUT2D eigenvalue weighted by Crippen LogP contribution is 2.20. The number of likely N-dealkylation sites (tertiary alicyclic amines) is 1. The number of nitrogens with one attached hydrogen (secondary N) is 2. The predicted octanol–water partition coefficient (Wildman–Crippen LogP) is 3.82. The van der Waals surface area contributed by atoms with Gasteiger partial charge >= 0.3 is 0 Å². The van der Waals surface area contributed by atoms with Crippen LogP contribution in [0.15, 0.2) is 48.8 Å². The average Bonchev–Trinajstić information content (AvgIpc) is 2.68. The Morgan fingerprint density at radius 2 is 1.86 bits per heavy atom. The van der Waals surface area contributed by atoms with Crippen LogP contribution in [0.4, 0.5) is 5.69 Å². The number of piperidine rings is 1. The van der Waals surface area contributed by atoms with Crippen LogP contribution in [0.25, 0.3) is 0 Å². The molecule has 2 heterocycles. The number of carbonyl (C=O) groups is 1. The molecule has 0 unspecified atom stereocenters. The summed E-state index contributed by atoms with van der Waals surface area (Å²) >= 11 is 0. The molecule has 28 heavy (non-hydrogen) atoms. The Labute approximate surface area is 168 Å². The molecule has 0 radical (unpaired) electrons. The minimum Gasteiger partial charge on any atom is -0.324 e. The van der Waals surface area contributed by atoms with Crippen LogP contribution >= 0.6 is 0 Å². The lowest BCUT2D eigenvalue weighted by molar-refractivity contribution is -0.123. The first-order chi connectivity index (χ1) is 13.4. The summed E-state index contributed by atoms with van der Waals surface area (Å²) in [6.07, 6.45) is 5.80. The fourth-order valence-corrected chi connectivity index (χ4v) is 3.39. The van der Waals surface area contributed by atoms with Gasteiger partial charge in [-0.15, -0.1) is 0 Å². The summed E-state index contributed by atoms with van der Waals surface area (Å²) in [6.45, 7) is 9.74. The van der Waals surface area contributed by atoms with E-state index in [2.05, 4.69) is 50.8 Å². The van der Waals surface area contributed by atoms with Gasteiger partial charge in [0.2, 0.25) is 5.91 Å². The van der Waals surface area contributed by atoms with Crippen molar-refractivity contribution in [3.05, 3.63) is 59.9 Å². The third kappa shape index (κ3) is 5.88. The lowest BCUT2D eigenvalue weighted by atomic mass is 9.95. The van der Waals surface area contributed by atoms with E-state index in [0.29, 0.717) is 6.04 Å². The minimum atomic E-state index is -0.424. The van der Waals surface area contributed by atoms with Gasteiger partial charge < -0.3 is 10.6 Å². The maximum absolute atomic E-state index is 12.3. The number of amides is 1. The van der Waals surface area contributed by atoms with E-state index in [1.807, 2.05) is 26.8 Å². The molecule has 0 bridgehead atoms. The third-order valence-corrected chi connectivity index (χ3v) is 5.26. The molecule has 150 valence electrons. The van der Waals surface area contributed by atoms with Gasteiger partial charge in [0, 0.05) is 30.7 Å². The fraction of sp³-hybridized carbons (Fsp3) is 0.478. The second-order valence-electron chi connectivity index (χ2n) is 8.65. The highest BCUT2D eigenvalue weighted by molar-refractivity contribution is 5.94. The van der Waals surface area contributed by atoms with Crippen molar-refractivity contribution in [1.29, 1.82) is 0 Å². The van der Waals surface area contributed by atoms with E-state index in [4.69, 9.17) is 0 Å². The Hall–Kier alpha value is -2.24. The van der Waals surface area contributed by atoms with Gasteiger partial charge in [0.25, 0.3) is 0 Å². The summed E-state index contributed by atoms with van der Waals surface area (Å²) in [5, 5.41) is 6.69. The topological polar surface area (TPSA) is 57.3 Å². The first-order valence-corrected chi connectivity index (χ1v) is 10.2. The Morgan fingerprint density at radius 3 is 2.54 bits per heavy atom. The Morgan fingerprint density at radius 1 is 1.14 bits per heavy atom. The number of aromatic nitrogens is 1. The normalized spacial score (nSPS) is 16.1. The van der Waals surface area contributed by atoms with E-state index in [0.717, 1.165) is 50.3 Å². The van der Waals surface area contributed by atoms with Gasteiger partial charge in [-0.05, 0) is 43.1 Å². The van der Waals surface area contributed by atoms with Crippen LogP contribution in [0.2, 0.25) is 0 Å². The van der Waals surface area contributed by atoms with Crippen LogP contribution in [-0.4, -0.2) is 34.9 Å². The van der Waals surface area contributed by atoms with E-state index in [9.17, 15) is 4.79 Å². The summed E-state index contributed by atoms with van der Waals surface area (Å²) in [6, 6.07) is 13.2. The maximum Gasteiger partial charge on any atom is 0.229 e. The van der Waals surface area contributed by atoms with Gasteiger partial charge in [-0.3, -0.25) is 14.7 Å². The lowest BCUT2D eigenvalue weighted by Crippen LogP contribution is -2.42. The third-order valence-electron chi connectivity index (χ3n) is 5.26. The molecule has 5 nitrogen and oxygen atoms in total. The van der Waals surface area contributed by atoms with Gasteiger partial charge in [-0.2, -0.15) is 0 Å². The van der Waals surface area contributed by atoms with Crippen molar-refractivity contribution in [2.24, 2.45) is 5.41 Å². The van der Waals surface area contributed by atoms with Gasteiger partial charge in [0.1, 0.15) is 0 Å². The number of benzene rings is 1. The van der Waals surface area contributed by atoms with Crippen molar-refractivity contribution in [3.63, 3.8) is 0 Å².